The summed E-state index contributed by atoms with van der Waals surface area (Å²) in [5, 5.41) is 0. The normalized spacial score (nSPS) is 12.0. The fourth-order valence-corrected chi connectivity index (χ4v) is 52.4. The van der Waals surface area contributed by atoms with E-state index in [1.54, 1.807) is 0 Å². The summed E-state index contributed by atoms with van der Waals surface area (Å²) in [6.07, 6.45) is 33.4. The van der Waals surface area contributed by atoms with E-state index in [4.69, 9.17) is 10.9 Å². The Bertz CT molecular complexity index is 671. The molecule has 5 nitrogen and oxygen atoms in total. The predicted octanol–water partition coefficient (Wildman–Crippen LogP) is 15.4. The minimum absolute atomic E-state index is 0.00342. The number of ether oxygens (including phenoxy) is 2. The van der Waals surface area contributed by atoms with Crippen LogP contribution in [0.25, 0.3) is 0 Å². The van der Waals surface area contributed by atoms with Crippen LogP contribution in [0.2, 0.25) is 17.7 Å². The van der Waals surface area contributed by atoms with E-state index in [0.29, 0.717) is 13.2 Å². The molecule has 0 aliphatic rings. The van der Waals surface area contributed by atoms with Gasteiger partial charge in [-0.05, 0) is 0 Å². The van der Waals surface area contributed by atoms with E-state index >= 15 is 0 Å². The van der Waals surface area contributed by atoms with Gasteiger partial charge in [-0.3, -0.25) is 0 Å². The molecule has 0 aliphatic carbocycles. The van der Waals surface area contributed by atoms with Crippen LogP contribution >= 0.6 is 0 Å². The van der Waals surface area contributed by atoms with E-state index < -0.39 is 37.6 Å². The standard InChI is InChI=1S/2C13H25O2.4C4H9.O.2Sn/c2*1-2-3-4-5-6-7-8-9-10-11-12-15-13-14;4*1-3-4-2;;;/h2*2-12H2,1H3;4*1,3-4H2,2H3;;;. The van der Waals surface area contributed by atoms with Crippen molar-refractivity contribution in [1.82, 2.24) is 0 Å². The van der Waals surface area contributed by atoms with Gasteiger partial charge in [0.05, 0.1) is 0 Å². The summed E-state index contributed by atoms with van der Waals surface area (Å²) in [7, 11) is 0. The van der Waals surface area contributed by atoms with E-state index in [1.165, 1.54) is 103 Å². The van der Waals surface area contributed by atoms with Crippen LogP contribution in [-0.4, -0.2) is 58.8 Å². The van der Waals surface area contributed by atoms with E-state index in [0.717, 1.165) is 94.8 Å². The minimum atomic E-state index is -4.00. The molecule has 0 fully saturated rings. The van der Waals surface area contributed by atoms with Crippen LogP contribution in [-0.2, 0) is 10.9 Å². The Morgan fingerprint density at radius 1 is 0.327 bits per heavy atom. The zero-order valence-corrected chi connectivity index (χ0v) is 39.8. The molecular formula is C42H86O5Sn2. The Hall–Kier alpha value is 0.497. The molecule has 0 radical (unpaired) electrons. The molecule has 0 atom stereocenters. The fourth-order valence-electron chi connectivity index (χ4n) is 6.94. The van der Waals surface area contributed by atoms with Crippen molar-refractivity contribution >= 4 is 45.6 Å². The molecule has 0 N–H and O–H groups in total. The van der Waals surface area contributed by atoms with Crippen molar-refractivity contribution in [3.8, 4) is 0 Å². The van der Waals surface area contributed by atoms with Crippen molar-refractivity contribution in [3.63, 3.8) is 0 Å². The summed E-state index contributed by atoms with van der Waals surface area (Å²) in [5.74, 6) is 0. The van der Waals surface area contributed by atoms with Gasteiger partial charge in [0.2, 0.25) is 0 Å². The SMILES string of the molecule is CCCCCCCCCCCCO[C](=O)[Sn]([CH2]CCC)([CH2]CCC)[O][Sn]([CH2]CCC)([CH2]CCC)[C](=O)OCCCCCCCCCCCC. The molecule has 0 spiro atoms. The first-order valence-corrected chi connectivity index (χ1v) is 35.2. The zero-order valence-electron chi connectivity index (χ0n) is 34.1. The summed E-state index contributed by atoms with van der Waals surface area (Å²) in [6, 6.07) is 0. The monoisotopic (exact) mass is 910 g/mol. The molecule has 0 rings (SSSR count). The Morgan fingerprint density at radius 3 is 0.796 bits per heavy atom. The van der Waals surface area contributed by atoms with Crippen molar-refractivity contribution in [1.29, 1.82) is 0 Å². The van der Waals surface area contributed by atoms with Crippen molar-refractivity contribution in [3.05, 3.63) is 0 Å². The predicted molar refractivity (Wildman–Crippen MR) is 218 cm³/mol. The Labute approximate surface area is 316 Å². The van der Waals surface area contributed by atoms with E-state index in [1.807, 2.05) is 0 Å². The molecule has 49 heavy (non-hydrogen) atoms. The maximum absolute atomic E-state index is 14.3. The van der Waals surface area contributed by atoms with Gasteiger partial charge >= 0.3 is 292 Å². The fraction of sp³-hybridized carbons (Fsp3) is 0.952. The molecule has 0 aromatic heterocycles. The number of carbonyl (C=O) groups is 2. The quantitative estimate of drug-likeness (QED) is 0.0456. The van der Waals surface area contributed by atoms with Gasteiger partial charge in [0.15, 0.2) is 0 Å². The summed E-state index contributed by atoms with van der Waals surface area (Å²) in [4.78, 5) is 28.5. The summed E-state index contributed by atoms with van der Waals surface area (Å²) in [6.45, 7) is 14.4. The van der Waals surface area contributed by atoms with Crippen LogP contribution in [0.4, 0.5) is 9.59 Å². The average Bonchev–Trinajstić information content (AvgIpc) is 3.11. The van der Waals surface area contributed by atoms with E-state index in [-0.39, 0.29) is 7.97 Å². The van der Waals surface area contributed by atoms with Crippen molar-refractivity contribution in [2.75, 3.05) is 13.2 Å². The van der Waals surface area contributed by atoms with Crippen LogP contribution in [0.1, 0.15) is 221 Å². The molecule has 0 heterocycles. The Kier molecular flexibility index (Phi) is 35.9. The van der Waals surface area contributed by atoms with E-state index in [9.17, 15) is 9.59 Å². The van der Waals surface area contributed by atoms with Crippen LogP contribution in [0.5, 0.6) is 0 Å². The van der Waals surface area contributed by atoms with Crippen molar-refractivity contribution in [2.24, 2.45) is 0 Å². The average molecular weight is 909 g/mol. The van der Waals surface area contributed by atoms with Crippen LogP contribution in [0.15, 0.2) is 0 Å². The third-order valence-electron chi connectivity index (χ3n) is 10.3. The zero-order chi connectivity index (χ0) is 36.3. The number of rotatable bonds is 38. The third kappa shape index (κ3) is 25.2. The van der Waals surface area contributed by atoms with E-state index in [2.05, 4.69) is 41.5 Å². The van der Waals surface area contributed by atoms with Gasteiger partial charge in [-0.1, -0.05) is 26.7 Å². The van der Waals surface area contributed by atoms with Crippen LogP contribution in [0.3, 0.4) is 0 Å². The maximum atomic E-state index is 14.3. The first-order chi connectivity index (χ1) is 23.9. The van der Waals surface area contributed by atoms with Crippen molar-refractivity contribution in [2.45, 2.75) is 239 Å². The third-order valence-corrected chi connectivity index (χ3v) is 45.9. The van der Waals surface area contributed by atoms with Gasteiger partial charge < -0.3 is 0 Å². The molecule has 0 saturated carbocycles. The number of carbonyl (C=O) groups excluding carboxylic acids is 2. The first kappa shape index (κ1) is 49.5. The molecule has 0 aromatic rings. The molecule has 0 unspecified atom stereocenters. The van der Waals surface area contributed by atoms with Gasteiger partial charge in [-0.15, -0.1) is 0 Å². The van der Waals surface area contributed by atoms with Gasteiger partial charge in [0.1, 0.15) is 0 Å². The summed E-state index contributed by atoms with van der Waals surface area (Å²) < 4.78 is 23.3. The number of hydrogen-bond acceptors (Lipinski definition) is 5. The van der Waals surface area contributed by atoms with Crippen molar-refractivity contribution < 1.29 is 20.5 Å². The smallest absolute Gasteiger partial charge is 0.0654 e. The summed E-state index contributed by atoms with van der Waals surface area (Å²) >= 11 is -7.99. The molecule has 0 bridgehead atoms. The molecule has 0 amide bonds. The molecule has 0 aromatic carbocycles. The molecule has 0 saturated heterocycles. The second-order valence-corrected chi connectivity index (χ2v) is 39.0. The molecule has 292 valence electrons. The van der Waals surface area contributed by atoms with Crippen LogP contribution in [0, 0.1) is 0 Å². The second kappa shape index (κ2) is 35.5. The van der Waals surface area contributed by atoms with Gasteiger partial charge in [0.25, 0.3) is 0 Å². The first-order valence-electron chi connectivity index (χ1n) is 22.0. The van der Waals surface area contributed by atoms with Gasteiger partial charge in [0, 0.05) is 0 Å². The molecule has 7 heteroatoms. The number of hydrogen-bond donors (Lipinski definition) is 0. The Morgan fingerprint density at radius 2 is 0.551 bits per heavy atom. The summed E-state index contributed by atoms with van der Waals surface area (Å²) in [5.41, 5.74) is 0. The Balaban J connectivity index is 5.49. The van der Waals surface area contributed by atoms with Gasteiger partial charge in [-0.25, -0.2) is 0 Å². The molecular weight excluding hydrogens is 822 g/mol. The topological polar surface area (TPSA) is 61.8 Å². The minimum Gasteiger partial charge on any atom is -0.0654 e. The van der Waals surface area contributed by atoms with Gasteiger partial charge in [-0.2, -0.15) is 0 Å². The molecule has 0 aliphatic heterocycles. The number of unbranched alkanes of at least 4 members (excludes halogenated alkanes) is 22. The van der Waals surface area contributed by atoms with Crippen LogP contribution < -0.4 is 0 Å². The second-order valence-electron chi connectivity index (χ2n) is 15.1.